The fraction of sp³-hybridized carbons (Fsp3) is 0.143. The predicted octanol–water partition coefficient (Wildman–Crippen LogP) is 1.65. The molecule has 0 amide bonds. The molecule has 0 atom stereocenters. The van der Waals surface area contributed by atoms with Crippen molar-refractivity contribution in [3.63, 3.8) is 0 Å². The molecule has 1 heterocycles. The summed E-state index contributed by atoms with van der Waals surface area (Å²) in [5.41, 5.74) is 1.91. The summed E-state index contributed by atoms with van der Waals surface area (Å²) in [6.45, 7) is 0. The maximum atomic E-state index is 12.4. The monoisotopic (exact) mass is 138 g/mol. The Balaban J connectivity index is 2.73. The average molecular weight is 138 g/mol. The third kappa shape index (κ3) is 0.572. The molecule has 1 aromatic carbocycles. The first-order valence-corrected chi connectivity index (χ1v) is 3.07. The fourth-order valence-electron chi connectivity index (χ4n) is 1.08. The zero-order valence-electron chi connectivity index (χ0n) is 5.56. The van der Waals surface area contributed by atoms with Crippen molar-refractivity contribution in [2.24, 2.45) is 7.05 Å². The number of nitrogens with zero attached hydrogens (tertiary/aromatic N) is 1. The number of benzene rings is 1. The second-order valence-corrected chi connectivity index (χ2v) is 2.33. The first-order valence-electron chi connectivity index (χ1n) is 3.07. The standard InChI is InChI=1S/C7H7FN2/c1-10-7-3-2-5(8)4-6(7)9-10/h2-4,9H,1H3. The van der Waals surface area contributed by atoms with E-state index < -0.39 is 0 Å². The van der Waals surface area contributed by atoms with Crippen molar-refractivity contribution in [2.45, 2.75) is 0 Å². The molecule has 2 aromatic rings. The number of aromatic amines is 1. The fourth-order valence-corrected chi connectivity index (χ4v) is 1.08. The van der Waals surface area contributed by atoms with Gasteiger partial charge in [0.2, 0.25) is 0 Å². The molecule has 2 nitrogen and oxygen atoms in total. The van der Waals surface area contributed by atoms with Gasteiger partial charge in [0.15, 0.2) is 0 Å². The highest BCUT2D eigenvalue weighted by Crippen LogP contribution is 2.13. The highest BCUT2D eigenvalue weighted by Gasteiger charge is 2.00. The smallest absolute Gasteiger partial charge is 0.125 e. The van der Waals surface area contributed by atoms with Gasteiger partial charge in [0.25, 0.3) is 0 Å². The van der Waals surface area contributed by atoms with Gasteiger partial charge in [0.1, 0.15) is 5.82 Å². The summed E-state index contributed by atoms with van der Waals surface area (Å²) in [4.78, 5) is 0. The van der Waals surface area contributed by atoms with Crippen LogP contribution in [0.1, 0.15) is 0 Å². The zero-order valence-corrected chi connectivity index (χ0v) is 5.56. The Morgan fingerprint density at radius 1 is 1.50 bits per heavy atom. The van der Waals surface area contributed by atoms with E-state index in [0.717, 1.165) is 11.0 Å². The SMILES string of the molecule is Cn1[nH]c2cc(F)ccc21. The van der Waals surface area contributed by atoms with E-state index in [-0.39, 0.29) is 5.82 Å². The summed E-state index contributed by atoms with van der Waals surface area (Å²) >= 11 is 0. The highest BCUT2D eigenvalue weighted by molar-refractivity contribution is 5.76. The van der Waals surface area contributed by atoms with Crippen LogP contribution in [-0.4, -0.2) is 9.78 Å². The quantitative estimate of drug-likeness (QED) is 0.571. The second-order valence-electron chi connectivity index (χ2n) is 2.33. The van der Waals surface area contributed by atoms with Gasteiger partial charge in [0.05, 0.1) is 11.0 Å². The number of rotatable bonds is 0. The molecule has 52 valence electrons. The normalized spacial score (nSPS) is 11.0. The molecule has 1 aromatic heterocycles. The second kappa shape index (κ2) is 1.62. The van der Waals surface area contributed by atoms with E-state index in [1.54, 1.807) is 6.07 Å². The lowest BCUT2D eigenvalue weighted by Gasteiger charge is -2.10. The van der Waals surface area contributed by atoms with Crippen LogP contribution < -0.4 is 0 Å². The van der Waals surface area contributed by atoms with Crippen molar-refractivity contribution in [2.75, 3.05) is 0 Å². The minimum Gasteiger partial charge on any atom is -0.296 e. The number of aryl methyl sites for hydroxylation is 1. The molecule has 1 N–H and O–H groups in total. The number of hydrogen-bond donors (Lipinski definition) is 1. The van der Waals surface area contributed by atoms with Crippen LogP contribution in [-0.2, 0) is 7.05 Å². The first kappa shape index (κ1) is 5.53. The molecule has 0 unspecified atom stereocenters. The van der Waals surface area contributed by atoms with E-state index in [9.17, 15) is 4.39 Å². The summed E-state index contributed by atoms with van der Waals surface area (Å²) in [7, 11) is 1.89. The van der Waals surface area contributed by atoms with Crippen molar-refractivity contribution < 1.29 is 4.39 Å². The number of hydrogen-bond acceptors (Lipinski definition) is 0. The van der Waals surface area contributed by atoms with Gasteiger partial charge >= 0.3 is 0 Å². The molecule has 0 aliphatic carbocycles. The Hall–Kier alpha value is -1.25. The van der Waals surface area contributed by atoms with Gasteiger partial charge in [-0.05, 0) is 12.1 Å². The Kier molecular flexibility index (Phi) is 0.897. The van der Waals surface area contributed by atoms with Gasteiger partial charge in [-0.25, -0.2) is 4.39 Å². The minimum atomic E-state index is -0.195. The van der Waals surface area contributed by atoms with Crippen LogP contribution in [0.25, 0.3) is 11.0 Å². The van der Waals surface area contributed by atoms with Crippen molar-refractivity contribution in [1.82, 2.24) is 9.78 Å². The van der Waals surface area contributed by atoms with Crippen LogP contribution in [0.15, 0.2) is 18.2 Å². The van der Waals surface area contributed by atoms with Gasteiger partial charge in [-0.2, -0.15) is 0 Å². The lowest BCUT2D eigenvalue weighted by Crippen LogP contribution is -2.04. The first-order chi connectivity index (χ1) is 4.77. The lowest BCUT2D eigenvalue weighted by molar-refractivity contribution is 0.626. The summed E-state index contributed by atoms with van der Waals surface area (Å²) in [5, 5.41) is 2.92. The van der Waals surface area contributed by atoms with Crippen molar-refractivity contribution in [3.8, 4) is 0 Å². The highest BCUT2D eigenvalue weighted by atomic mass is 19.1. The predicted molar refractivity (Wildman–Crippen MR) is 37.2 cm³/mol. The number of nitrogens with one attached hydrogen (secondary N) is 1. The number of halogens is 1. The third-order valence-electron chi connectivity index (χ3n) is 1.61. The van der Waals surface area contributed by atoms with Gasteiger partial charge < -0.3 is 0 Å². The minimum absolute atomic E-state index is 0.195. The molecular formula is C7H7FN2. The van der Waals surface area contributed by atoms with Crippen LogP contribution in [0.3, 0.4) is 0 Å². The third-order valence-corrected chi connectivity index (χ3v) is 1.61. The molecule has 0 radical (unpaired) electrons. The largest absolute Gasteiger partial charge is 0.296 e. The molecule has 0 aliphatic rings. The van der Waals surface area contributed by atoms with Crippen LogP contribution >= 0.6 is 0 Å². The van der Waals surface area contributed by atoms with E-state index >= 15 is 0 Å². The molecule has 0 spiro atoms. The summed E-state index contributed by atoms with van der Waals surface area (Å²) in [6, 6.07) is 4.69. The van der Waals surface area contributed by atoms with Crippen molar-refractivity contribution in [1.29, 1.82) is 0 Å². The molecule has 3 heteroatoms. The Bertz CT molecular complexity index is 355. The summed E-state index contributed by atoms with van der Waals surface area (Å²) in [6.07, 6.45) is 0. The molecular weight excluding hydrogens is 131 g/mol. The van der Waals surface area contributed by atoms with Gasteiger partial charge in [-0.15, -0.1) is 0 Å². The molecule has 0 aliphatic heterocycles. The maximum absolute atomic E-state index is 12.4. The Morgan fingerprint density at radius 3 is 2.90 bits per heavy atom. The van der Waals surface area contributed by atoms with Crippen molar-refractivity contribution in [3.05, 3.63) is 24.0 Å². The zero-order chi connectivity index (χ0) is 7.14. The Labute approximate surface area is 57.2 Å². The lowest BCUT2D eigenvalue weighted by atomic mass is 10.3. The van der Waals surface area contributed by atoms with Gasteiger partial charge in [-0.1, -0.05) is 0 Å². The topological polar surface area (TPSA) is 20.7 Å². The van der Waals surface area contributed by atoms with E-state index in [2.05, 4.69) is 5.10 Å². The molecule has 2 rings (SSSR count). The number of fused-ring (bicyclic) bond motifs is 1. The van der Waals surface area contributed by atoms with E-state index in [4.69, 9.17) is 0 Å². The van der Waals surface area contributed by atoms with E-state index in [1.807, 2.05) is 11.7 Å². The molecule has 0 saturated heterocycles. The van der Waals surface area contributed by atoms with Crippen molar-refractivity contribution >= 4 is 11.0 Å². The van der Waals surface area contributed by atoms with Crippen LogP contribution in [0.5, 0.6) is 0 Å². The molecule has 10 heavy (non-hydrogen) atoms. The maximum Gasteiger partial charge on any atom is 0.125 e. The van der Waals surface area contributed by atoms with Crippen LogP contribution in [0.2, 0.25) is 0 Å². The van der Waals surface area contributed by atoms with E-state index in [1.165, 1.54) is 12.1 Å². The summed E-state index contributed by atoms with van der Waals surface area (Å²) in [5.74, 6) is -0.195. The molecule has 0 fully saturated rings. The van der Waals surface area contributed by atoms with Crippen LogP contribution in [0, 0.1) is 5.82 Å². The summed E-state index contributed by atoms with van der Waals surface area (Å²) < 4.78 is 14.3. The van der Waals surface area contributed by atoms with Crippen LogP contribution in [0.4, 0.5) is 4.39 Å². The Morgan fingerprint density at radius 2 is 2.30 bits per heavy atom. The van der Waals surface area contributed by atoms with Gasteiger partial charge in [-0.3, -0.25) is 9.78 Å². The molecule has 0 bridgehead atoms. The van der Waals surface area contributed by atoms with Gasteiger partial charge in [0, 0.05) is 13.1 Å². The number of aromatic nitrogens is 2. The molecule has 0 saturated carbocycles. The number of H-pyrrole nitrogens is 1. The van der Waals surface area contributed by atoms with E-state index in [0.29, 0.717) is 0 Å². The average Bonchev–Trinajstić information content (AvgIpc) is 1.86.